The van der Waals surface area contributed by atoms with Crippen molar-refractivity contribution in [3.63, 3.8) is 0 Å². The normalized spacial score (nSPS) is 10.8. The molecule has 0 aliphatic heterocycles. The molecule has 0 aromatic rings. The van der Waals surface area contributed by atoms with E-state index in [1.807, 2.05) is 0 Å². The largest absolute Gasteiger partial charge is 0.396 e. The Kier molecular flexibility index (Phi) is 13.7. The van der Waals surface area contributed by atoms with Crippen molar-refractivity contribution in [2.45, 2.75) is 32.6 Å². The third-order valence-corrected chi connectivity index (χ3v) is 1.88. The average molecular weight is 220 g/mol. The van der Waals surface area contributed by atoms with Crippen molar-refractivity contribution in [2.24, 2.45) is 0 Å². The van der Waals surface area contributed by atoms with Crippen LogP contribution in [0, 0.1) is 0 Å². The maximum atomic E-state index is 8.51. The third kappa shape index (κ3) is 13.8. The van der Waals surface area contributed by atoms with Gasteiger partial charge >= 0.3 is 0 Å². The van der Waals surface area contributed by atoms with Crippen LogP contribution in [0.15, 0.2) is 0 Å². The Hall–Kier alpha value is -0.160. The van der Waals surface area contributed by atoms with Crippen molar-refractivity contribution >= 4 is 0 Å². The molecule has 4 heteroatoms. The molecule has 0 spiro atoms. The van der Waals surface area contributed by atoms with Crippen LogP contribution in [0.5, 0.6) is 0 Å². The van der Waals surface area contributed by atoms with Crippen LogP contribution in [0.4, 0.5) is 0 Å². The van der Waals surface area contributed by atoms with Crippen molar-refractivity contribution in [3.8, 4) is 0 Å². The van der Waals surface area contributed by atoms with Crippen LogP contribution in [0.3, 0.4) is 0 Å². The Balaban J connectivity index is 2.81. The van der Waals surface area contributed by atoms with Crippen LogP contribution >= 0.6 is 0 Å². The second kappa shape index (κ2) is 13.8. The molecular weight excluding hydrogens is 196 g/mol. The summed E-state index contributed by atoms with van der Waals surface area (Å²) < 4.78 is 15.7. The van der Waals surface area contributed by atoms with Gasteiger partial charge in [-0.05, 0) is 19.3 Å². The molecule has 0 saturated heterocycles. The monoisotopic (exact) mass is 220 g/mol. The summed E-state index contributed by atoms with van der Waals surface area (Å²) in [5.41, 5.74) is 0. The van der Waals surface area contributed by atoms with Gasteiger partial charge in [0.25, 0.3) is 0 Å². The zero-order chi connectivity index (χ0) is 11.2. The lowest BCUT2D eigenvalue weighted by molar-refractivity contribution is -0.0704. The van der Waals surface area contributed by atoms with Crippen LogP contribution in [-0.4, -0.2) is 44.9 Å². The first-order chi connectivity index (χ1) is 7.41. The Morgan fingerprint density at radius 2 is 1.47 bits per heavy atom. The minimum Gasteiger partial charge on any atom is -0.396 e. The number of aliphatic hydroxyl groups excluding tert-OH is 1. The molecule has 15 heavy (non-hydrogen) atoms. The second-order valence-electron chi connectivity index (χ2n) is 3.33. The van der Waals surface area contributed by atoms with Gasteiger partial charge in [0.05, 0.1) is 13.2 Å². The van der Waals surface area contributed by atoms with Crippen LogP contribution < -0.4 is 0 Å². The van der Waals surface area contributed by atoms with E-state index in [-0.39, 0.29) is 6.61 Å². The molecule has 0 saturated carbocycles. The van der Waals surface area contributed by atoms with Crippen molar-refractivity contribution in [3.05, 3.63) is 0 Å². The Bertz CT molecular complexity index is 96.8. The molecule has 0 aromatic carbocycles. The highest BCUT2D eigenvalue weighted by Crippen LogP contribution is 1.90. The highest BCUT2D eigenvalue weighted by molar-refractivity contribution is 4.35. The average Bonchev–Trinajstić information content (AvgIpc) is 2.26. The van der Waals surface area contributed by atoms with Crippen molar-refractivity contribution in [1.29, 1.82) is 0 Å². The molecule has 0 heterocycles. The van der Waals surface area contributed by atoms with Gasteiger partial charge in [0, 0.05) is 19.8 Å². The number of aliphatic hydroxyl groups is 1. The Morgan fingerprint density at radius 3 is 2.20 bits per heavy atom. The maximum Gasteiger partial charge on any atom is 0.146 e. The highest BCUT2D eigenvalue weighted by Gasteiger charge is 1.90. The van der Waals surface area contributed by atoms with Gasteiger partial charge in [-0.1, -0.05) is 13.3 Å². The number of rotatable bonds is 12. The fourth-order valence-corrected chi connectivity index (χ4v) is 0.959. The zero-order valence-corrected chi connectivity index (χ0v) is 9.74. The fraction of sp³-hybridized carbons (Fsp3) is 1.00. The standard InChI is InChI=1S/C11H24O4/c1-2-3-7-13-9-10-15-11-14-8-5-4-6-12/h12H,2-11H2,1H3. The summed E-state index contributed by atoms with van der Waals surface area (Å²) >= 11 is 0. The van der Waals surface area contributed by atoms with Crippen LogP contribution in [0.1, 0.15) is 32.6 Å². The summed E-state index contributed by atoms with van der Waals surface area (Å²) in [6, 6.07) is 0. The van der Waals surface area contributed by atoms with E-state index >= 15 is 0 Å². The third-order valence-electron chi connectivity index (χ3n) is 1.88. The molecule has 4 nitrogen and oxygen atoms in total. The number of hydrogen-bond donors (Lipinski definition) is 1. The Labute approximate surface area is 92.5 Å². The molecule has 0 aliphatic carbocycles. The molecule has 1 N–H and O–H groups in total. The molecule has 0 aliphatic rings. The predicted octanol–water partition coefficient (Wildman–Crippen LogP) is 1.57. The van der Waals surface area contributed by atoms with E-state index in [0.29, 0.717) is 26.6 Å². The maximum absolute atomic E-state index is 8.51. The lowest BCUT2D eigenvalue weighted by atomic mass is 10.3. The van der Waals surface area contributed by atoms with E-state index in [2.05, 4.69) is 6.92 Å². The topological polar surface area (TPSA) is 47.9 Å². The molecule has 0 rings (SSSR count). The van der Waals surface area contributed by atoms with Gasteiger partial charge in [-0.25, -0.2) is 0 Å². The summed E-state index contributed by atoms with van der Waals surface area (Å²) in [4.78, 5) is 0. The van der Waals surface area contributed by atoms with Crippen LogP contribution in [0.25, 0.3) is 0 Å². The molecule has 0 unspecified atom stereocenters. The number of ether oxygens (including phenoxy) is 3. The van der Waals surface area contributed by atoms with Gasteiger partial charge in [0.15, 0.2) is 0 Å². The van der Waals surface area contributed by atoms with E-state index in [0.717, 1.165) is 32.3 Å². The summed E-state index contributed by atoms with van der Waals surface area (Å²) in [5, 5.41) is 8.51. The number of unbranched alkanes of at least 4 members (excludes halogenated alkanes) is 2. The van der Waals surface area contributed by atoms with Gasteiger partial charge in [0.1, 0.15) is 6.79 Å². The van der Waals surface area contributed by atoms with E-state index in [1.54, 1.807) is 0 Å². The molecule has 0 amide bonds. The highest BCUT2D eigenvalue weighted by atomic mass is 16.7. The minimum atomic E-state index is 0.232. The van der Waals surface area contributed by atoms with Gasteiger partial charge in [-0.15, -0.1) is 0 Å². The fourth-order valence-electron chi connectivity index (χ4n) is 0.959. The quantitative estimate of drug-likeness (QED) is 0.400. The van der Waals surface area contributed by atoms with Crippen LogP contribution in [-0.2, 0) is 14.2 Å². The summed E-state index contributed by atoms with van der Waals surface area (Å²) in [7, 11) is 0. The summed E-state index contributed by atoms with van der Waals surface area (Å²) in [6.45, 7) is 5.39. The zero-order valence-electron chi connectivity index (χ0n) is 9.74. The molecule has 0 atom stereocenters. The van der Waals surface area contributed by atoms with E-state index in [4.69, 9.17) is 19.3 Å². The lowest BCUT2D eigenvalue weighted by Gasteiger charge is -2.06. The molecule has 0 bridgehead atoms. The first-order valence-electron chi connectivity index (χ1n) is 5.76. The second-order valence-corrected chi connectivity index (χ2v) is 3.33. The van der Waals surface area contributed by atoms with Gasteiger partial charge in [-0.2, -0.15) is 0 Å². The summed E-state index contributed by atoms with van der Waals surface area (Å²) in [5.74, 6) is 0. The van der Waals surface area contributed by atoms with Crippen LogP contribution in [0.2, 0.25) is 0 Å². The van der Waals surface area contributed by atoms with E-state index < -0.39 is 0 Å². The van der Waals surface area contributed by atoms with Crippen molar-refractivity contribution in [2.75, 3.05) is 39.8 Å². The predicted molar refractivity (Wildman–Crippen MR) is 58.8 cm³/mol. The van der Waals surface area contributed by atoms with Crippen molar-refractivity contribution < 1.29 is 19.3 Å². The summed E-state index contributed by atoms with van der Waals surface area (Å²) in [6.07, 6.45) is 3.94. The van der Waals surface area contributed by atoms with Gasteiger partial charge < -0.3 is 19.3 Å². The first kappa shape index (κ1) is 14.8. The minimum absolute atomic E-state index is 0.232. The first-order valence-corrected chi connectivity index (χ1v) is 5.76. The van der Waals surface area contributed by atoms with E-state index in [1.165, 1.54) is 0 Å². The number of hydrogen-bond acceptors (Lipinski definition) is 4. The van der Waals surface area contributed by atoms with E-state index in [9.17, 15) is 0 Å². The molecule has 0 fully saturated rings. The van der Waals surface area contributed by atoms with Crippen molar-refractivity contribution in [1.82, 2.24) is 0 Å². The molecule has 0 radical (unpaired) electrons. The van der Waals surface area contributed by atoms with Gasteiger partial charge in [0.2, 0.25) is 0 Å². The smallest absolute Gasteiger partial charge is 0.146 e. The molecule has 0 aromatic heterocycles. The lowest BCUT2D eigenvalue weighted by Crippen LogP contribution is -2.08. The SMILES string of the molecule is CCCCOCCOCOCCCCO. The Morgan fingerprint density at radius 1 is 0.800 bits per heavy atom. The molecule has 92 valence electrons. The molecular formula is C11H24O4. The van der Waals surface area contributed by atoms with Gasteiger partial charge in [-0.3, -0.25) is 0 Å².